The van der Waals surface area contributed by atoms with Gasteiger partial charge in [0.15, 0.2) is 0 Å². The van der Waals surface area contributed by atoms with E-state index in [1.807, 2.05) is 0 Å². The molecule has 0 saturated heterocycles. The van der Waals surface area contributed by atoms with E-state index in [1.54, 1.807) is 0 Å². The van der Waals surface area contributed by atoms with Crippen molar-refractivity contribution in [1.82, 2.24) is 9.03 Å². The predicted molar refractivity (Wildman–Crippen MR) is 53.3 cm³/mol. The van der Waals surface area contributed by atoms with Crippen molar-refractivity contribution in [3.05, 3.63) is 0 Å². The van der Waals surface area contributed by atoms with Crippen molar-refractivity contribution in [1.29, 1.82) is 0 Å². The standard InChI is InChI=1S/C7H18N2O4S/c1-8-14(10,11)9(4-6-12-2)5-7-13-3/h8H,4-7H2,1-3H3. The molecule has 86 valence electrons. The molecule has 1 N–H and O–H groups in total. The second-order valence-corrected chi connectivity index (χ2v) is 4.47. The molecule has 0 unspecified atom stereocenters. The van der Waals surface area contributed by atoms with Gasteiger partial charge < -0.3 is 9.47 Å². The highest BCUT2D eigenvalue weighted by molar-refractivity contribution is 7.87. The zero-order valence-corrected chi connectivity index (χ0v) is 9.63. The smallest absolute Gasteiger partial charge is 0.279 e. The third kappa shape index (κ3) is 4.87. The molecule has 0 bridgehead atoms. The van der Waals surface area contributed by atoms with Crippen LogP contribution < -0.4 is 4.72 Å². The molecule has 0 spiro atoms. The maximum absolute atomic E-state index is 11.4. The SMILES string of the molecule is CNS(=O)(=O)N(CCOC)CCOC. The van der Waals surface area contributed by atoms with Crippen molar-refractivity contribution in [2.24, 2.45) is 0 Å². The summed E-state index contributed by atoms with van der Waals surface area (Å²) in [7, 11) is 1.05. The van der Waals surface area contributed by atoms with Gasteiger partial charge in [0.05, 0.1) is 13.2 Å². The molecule has 0 saturated carbocycles. The molecule has 6 nitrogen and oxygen atoms in total. The molecule has 0 aliphatic carbocycles. The molecule has 0 fully saturated rings. The summed E-state index contributed by atoms with van der Waals surface area (Å²) in [5.41, 5.74) is 0. The second kappa shape index (κ2) is 7.13. The van der Waals surface area contributed by atoms with Gasteiger partial charge in [0.2, 0.25) is 0 Å². The first-order valence-electron chi connectivity index (χ1n) is 4.25. The predicted octanol–water partition coefficient (Wildman–Crippen LogP) is -0.955. The van der Waals surface area contributed by atoms with Gasteiger partial charge in [0.25, 0.3) is 10.2 Å². The lowest BCUT2D eigenvalue weighted by atomic mass is 10.6. The number of rotatable bonds is 8. The highest BCUT2D eigenvalue weighted by atomic mass is 32.2. The normalized spacial score (nSPS) is 12.3. The lowest BCUT2D eigenvalue weighted by Gasteiger charge is -2.20. The van der Waals surface area contributed by atoms with E-state index in [2.05, 4.69) is 4.72 Å². The van der Waals surface area contributed by atoms with E-state index in [9.17, 15) is 8.42 Å². The fourth-order valence-electron chi connectivity index (χ4n) is 0.867. The van der Waals surface area contributed by atoms with Crippen LogP contribution >= 0.6 is 0 Å². The number of nitrogens with one attached hydrogen (secondary N) is 1. The Morgan fingerprint density at radius 2 is 1.57 bits per heavy atom. The van der Waals surface area contributed by atoms with Gasteiger partial charge in [-0.1, -0.05) is 0 Å². The molecule has 7 heteroatoms. The monoisotopic (exact) mass is 226 g/mol. The van der Waals surface area contributed by atoms with Crippen LogP contribution in [0.25, 0.3) is 0 Å². The molecular weight excluding hydrogens is 208 g/mol. The Morgan fingerprint density at radius 1 is 1.14 bits per heavy atom. The Bertz CT molecular complexity index is 222. The van der Waals surface area contributed by atoms with Crippen LogP contribution in [0.4, 0.5) is 0 Å². The topological polar surface area (TPSA) is 67.9 Å². The summed E-state index contributed by atoms with van der Waals surface area (Å²) in [6.45, 7) is 1.38. The van der Waals surface area contributed by atoms with E-state index in [-0.39, 0.29) is 0 Å². The summed E-state index contributed by atoms with van der Waals surface area (Å²) in [5.74, 6) is 0. The lowest BCUT2D eigenvalue weighted by Crippen LogP contribution is -2.42. The van der Waals surface area contributed by atoms with Crippen molar-refractivity contribution >= 4 is 10.2 Å². The van der Waals surface area contributed by atoms with Crippen LogP contribution in [0.2, 0.25) is 0 Å². The van der Waals surface area contributed by atoms with Gasteiger partial charge in [0, 0.05) is 34.4 Å². The molecule has 0 aliphatic rings. The summed E-state index contributed by atoms with van der Waals surface area (Å²) in [4.78, 5) is 0. The first-order chi connectivity index (χ1) is 6.58. The van der Waals surface area contributed by atoms with E-state index in [1.165, 1.54) is 25.6 Å². The van der Waals surface area contributed by atoms with Crippen molar-refractivity contribution in [2.45, 2.75) is 0 Å². The average molecular weight is 226 g/mol. The second-order valence-electron chi connectivity index (χ2n) is 2.59. The quantitative estimate of drug-likeness (QED) is 0.579. The molecule has 0 aromatic carbocycles. The minimum Gasteiger partial charge on any atom is -0.383 e. The zero-order chi connectivity index (χ0) is 11.0. The molecule has 0 atom stereocenters. The molecule has 0 aliphatic heterocycles. The van der Waals surface area contributed by atoms with Crippen molar-refractivity contribution < 1.29 is 17.9 Å². The number of hydrogen-bond donors (Lipinski definition) is 1. The van der Waals surface area contributed by atoms with Gasteiger partial charge in [-0.3, -0.25) is 0 Å². The van der Waals surface area contributed by atoms with Gasteiger partial charge in [0.1, 0.15) is 0 Å². The van der Waals surface area contributed by atoms with E-state index < -0.39 is 10.2 Å². The Labute approximate surface area is 85.4 Å². The van der Waals surface area contributed by atoms with Crippen LogP contribution in [0.5, 0.6) is 0 Å². The Balaban J connectivity index is 4.23. The molecule has 0 amide bonds. The molecule has 0 aromatic rings. The number of hydrogen-bond acceptors (Lipinski definition) is 4. The summed E-state index contributed by atoms with van der Waals surface area (Å²) < 4.78 is 36.0. The minimum absolute atomic E-state index is 0.322. The summed E-state index contributed by atoms with van der Waals surface area (Å²) in [6.07, 6.45) is 0. The highest BCUT2D eigenvalue weighted by Crippen LogP contribution is 1.96. The van der Waals surface area contributed by atoms with E-state index >= 15 is 0 Å². The first kappa shape index (κ1) is 13.8. The van der Waals surface area contributed by atoms with Gasteiger partial charge in [-0.05, 0) is 0 Å². The first-order valence-corrected chi connectivity index (χ1v) is 5.69. The minimum atomic E-state index is -3.38. The summed E-state index contributed by atoms with van der Waals surface area (Å²) in [5, 5.41) is 0. The molecule has 0 radical (unpaired) electrons. The maximum Gasteiger partial charge on any atom is 0.279 e. The zero-order valence-electron chi connectivity index (χ0n) is 8.82. The van der Waals surface area contributed by atoms with Crippen molar-refractivity contribution in [2.75, 3.05) is 47.6 Å². The third-order valence-electron chi connectivity index (χ3n) is 1.69. The molecule has 14 heavy (non-hydrogen) atoms. The Kier molecular flexibility index (Phi) is 7.02. The van der Waals surface area contributed by atoms with E-state index in [0.717, 1.165) is 0 Å². The highest BCUT2D eigenvalue weighted by Gasteiger charge is 2.18. The summed E-state index contributed by atoms with van der Waals surface area (Å²) >= 11 is 0. The number of nitrogens with zero attached hydrogens (tertiary/aromatic N) is 1. The third-order valence-corrected chi connectivity index (χ3v) is 3.25. The summed E-state index contributed by atoms with van der Waals surface area (Å²) in [6, 6.07) is 0. The van der Waals surface area contributed by atoms with Crippen LogP contribution in [0.15, 0.2) is 0 Å². The average Bonchev–Trinajstić information content (AvgIpc) is 2.17. The van der Waals surface area contributed by atoms with Crippen LogP contribution in [-0.4, -0.2) is 60.3 Å². The number of methoxy groups -OCH3 is 2. The van der Waals surface area contributed by atoms with Gasteiger partial charge in [-0.25, -0.2) is 4.72 Å². The molecule has 0 heterocycles. The van der Waals surface area contributed by atoms with Crippen LogP contribution in [0.3, 0.4) is 0 Å². The fraction of sp³-hybridized carbons (Fsp3) is 1.00. The largest absolute Gasteiger partial charge is 0.383 e. The van der Waals surface area contributed by atoms with Gasteiger partial charge in [-0.15, -0.1) is 0 Å². The van der Waals surface area contributed by atoms with Gasteiger partial charge in [-0.2, -0.15) is 12.7 Å². The number of ether oxygens (including phenoxy) is 2. The van der Waals surface area contributed by atoms with Crippen molar-refractivity contribution in [3.8, 4) is 0 Å². The van der Waals surface area contributed by atoms with Gasteiger partial charge >= 0.3 is 0 Å². The van der Waals surface area contributed by atoms with E-state index in [0.29, 0.717) is 26.3 Å². The van der Waals surface area contributed by atoms with Crippen LogP contribution in [0, 0.1) is 0 Å². The Hall–Kier alpha value is -0.210. The van der Waals surface area contributed by atoms with E-state index in [4.69, 9.17) is 9.47 Å². The fourth-order valence-corrected chi connectivity index (χ4v) is 1.76. The maximum atomic E-state index is 11.4. The van der Waals surface area contributed by atoms with Crippen LogP contribution in [0.1, 0.15) is 0 Å². The molecule has 0 rings (SSSR count). The lowest BCUT2D eigenvalue weighted by molar-refractivity contribution is 0.150. The Morgan fingerprint density at radius 3 is 1.86 bits per heavy atom. The van der Waals surface area contributed by atoms with Crippen LogP contribution in [-0.2, 0) is 19.7 Å². The van der Waals surface area contributed by atoms with Crippen molar-refractivity contribution in [3.63, 3.8) is 0 Å². The molecule has 0 aromatic heterocycles. The molecular formula is C7H18N2O4S.